The molecule has 0 aliphatic carbocycles. The molecule has 0 spiro atoms. The van der Waals surface area contributed by atoms with E-state index >= 15 is 0 Å². The highest BCUT2D eigenvalue weighted by Gasteiger charge is 2.34. The van der Waals surface area contributed by atoms with E-state index in [4.69, 9.17) is 0 Å². The standard InChI is InChI=1S/C7H13NO4S/c1-5-3-8-6(7(9)12-2)4-13(5,10)11/h5-6,8H,3-4H2,1-2H3. The number of carbonyl (C=O) groups is 1. The molecule has 1 aliphatic heterocycles. The molecule has 0 bridgehead atoms. The molecule has 1 aliphatic rings. The van der Waals surface area contributed by atoms with Crippen LogP contribution in [0.2, 0.25) is 0 Å². The summed E-state index contributed by atoms with van der Waals surface area (Å²) in [7, 11) is -1.88. The molecule has 76 valence electrons. The van der Waals surface area contributed by atoms with Crippen LogP contribution >= 0.6 is 0 Å². The van der Waals surface area contributed by atoms with E-state index in [0.29, 0.717) is 6.54 Å². The zero-order valence-corrected chi connectivity index (χ0v) is 8.43. The van der Waals surface area contributed by atoms with Crippen LogP contribution in [0.5, 0.6) is 0 Å². The van der Waals surface area contributed by atoms with E-state index in [1.807, 2.05) is 0 Å². The quantitative estimate of drug-likeness (QED) is 0.555. The van der Waals surface area contributed by atoms with Crippen molar-refractivity contribution in [1.82, 2.24) is 5.32 Å². The van der Waals surface area contributed by atoms with E-state index in [9.17, 15) is 13.2 Å². The summed E-state index contributed by atoms with van der Waals surface area (Å²) in [4.78, 5) is 11.0. The monoisotopic (exact) mass is 207 g/mol. The largest absolute Gasteiger partial charge is 0.468 e. The van der Waals surface area contributed by atoms with Crippen molar-refractivity contribution in [3.8, 4) is 0 Å². The van der Waals surface area contributed by atoms with Crippen LogP contribution in [0.3, 0.4) is 0 Å². The van der Waals surface area contributed by atoms with Gasteiger partial charge in [-0.2, -0.15) is 0 Å². The first-order valence-corrected chi connectivity index (χ1v) is 5.71. The second kappa shape index (κ2) is 3.63. The van der Waals surface area contributed by atoms with Crippen LogP contribution in [0.15, 0.2) is 0 Å². The minimum Gasteiger partial charge on any atom is -0.468 e. The lowest BCUT2D eigenvalue weighted by Crippen LogP contribution is -2.53. The van der Waals surface area contributed by atoms with Crippen molar-refractivity contribution < 1.29 is 17.9 Å². The van der Waals surface area contributed by atoms with Gasteiger partial charge in [-0.3, -0.25) is 4.79 Å². The maximum atomic E-state index is 11.4. The van der Waals surface area contributed by atoms with Crippen molar-refractivity contribution >= 4 is 15.8 Å². The topological polar surface area (TPSA) is 72.5 Å². The normalized spacial score (nSPS) is 32.5. The molecular formula is C7H13NO4S. The number of esters is 1. The van der Waals surface area contributed by atoms with E-state index < -0.39 is 27.1 Å². The van der Waals surface area contributed by atoms with Crippen LogP contribution in [0.4, 0.5) is 0 Å². The summed E-state index contributed by atoms with van der Waals surface area (Å²) in [6, 6.07) is -0.703. The zero-order chi connectivity index (χ0) is 10.1. The minimum absolute atomic E-state index is 0.166. The molecule has 1 rings (SSSR count). The van der Waals surface area contributed by atoms with Gasteiger partial charge >= 0.3 is 5.97 Å². The molecule has 1 N–H and O–H groups in total. The van der Waals surface area contributed by atoms with Crippen LogP contribution in [0, 0.1) is 0 Å². The molecule has 0 amide bonds. The Hall–Kier alpha value is -0.620. The summed E-state index contributed by atoms with van der Waals surface area (Å²) in [6.07, 6.45) is 0. The Morgan fingerprint density at radius 1 is 1.54 bits per heavy atom. The van der Waals surface area contributed by atoms with Crippen molar-refractivity contribution in [2.45, 2.75) is 18.2 Å². The number of rotatable bonds is 1. The highest BCUT2D eigenvalue weighted by molar-refractivity contribution is 7.92. The van der Waals surface area contributed by atoms with Gasteiger partial charge in [-0.25, -0.2) is 8.42 Å². The molecule has 0 aromatic rings. The van der Waals surface area contributed by atoms with Crippen molar-refractivity contribution in [1.29, 1.82) is 0 Å². The smallest absolute Gasteiger partial charge is 0.323 e. The van der Waals surface area contributed by atoms with Crippen molar-refractivity contribution in [3.05, 3.63) is 0 Å². The Labute approximate surface area is 77.4 Å². The van der Waals surface area contributed by atoms with Crippen LogP contribution in [0.1, 0.15) is 6.92 Å². The summed E-state index contributed by atoms with van der Waals surface area (Å²) < 4.78 is 27.2. The predicted octanol–water partition coefficient (Wildman–Crippen LogP) is -1.07. The minimum atomic E-state index is -3.13. The lowest BCUT2D eigenvalue weighted by molar-refractivity contribution is -0.142. The molecule has 2 atom stereocenters. The maximum absolute atomic E-state index is 11.4. The van der Waals surface area contributed by atoms with Gasteiger partial charge in [0, 0.05) is 6.54 Å². The number of methoxy groups -OCH3 is 1. The summed E-state index contributed by atoms with van der Waals surface area (Å²) in [5.74, 6) is -0.684. The van der Waals surface area contributed by atoms with E-state index in [-0.39, 0.29) is 5.75 Å². The van der Waals surface area contributed by atoms with E-state index in [1.165, 1.54) is 7.11 Å². The molecule has 1 fully saturated rings. The summed E-state index contributed by atoms with van der Waals surface area (Å²) >= 11 is 0. The summed E-state index contributed by atoms with van der Waals surface area (Å²) in [6.45, 7) is 1.93. The van der Waals surface area contributed by atoms with Crippen molar-refractivity contribution in [3.63, 3.8) is 0 Å². The average molecular weight is 207 g/mol. The molecule has 6 heteroatoms. The summed E-state index contributed by atoms with van der Waals surface area (Å²) in [5, 5.41) is 2.40. The Kier molecular flexibility index (Phi) is 2.92. The number of hydrogen-bond acceptors (Lipinski definition) is 5. The molecular weight excluding hydrogens is 194 g/mol. The fraction of sp³-hybridized carbons (Fsp3) is 0.857. The van der Waals surface area contributed by atoms with Crippen LogP contribution < -0.4 is 5.32 Å². The number of hydrogen-bond donors (Lipinski definition) is 1. The summed E-state index contributed by atoms with van der Waals surface area (Å²) in [5.41, 5.74) is 0. The van der Waals surface area contributed by atoms with Crippen LogP contribution in [0.25, 0.3) is 0 Å². The van der Waals surface area contributed by atoms with Crippen molar-refractivity contribution in [2.24, 2.45) is 0 Å². The first-order chi connectivity index (χ1) is 5.97. The van der Waals surface area contributed by atoms with E-state index in [0.717, 1.165) is 0 Å². The third-order valence-corrected chi connectivity index (χ3v) is 4.34. The number of carbonyl (C=O) groups excluding carboxylic acids is 1. The van der Waals surface area contributed by atoms with Crippen LogP contribution in [-0.4, -0.2) is 45.1 Å². The lowest BCUT2D eigenvalue weighted by Gasteiger charge is -2.25. The molecule has 0 aromatic heterocycles. The average Bonchev–Trinajstić information content (AvgIpc) is 2.08. The Balaban J connectivity index is 2.72. The van der Waals surface area contributed by atoms with Gasteiger partial charge in [0.25, 0.3) is 0 Å². The Morgan fingerprint density at radius 2 is 2.15 bits per heavy atom. The third-order valence-electron chi connectivity index (χ3n) is 2.15. The molecule has 1 saturated heterocycles. The number of nitrogens with one attached hydrogen (secondary N) is 1. The second-order valence-electron chi connectivity index (χ2n) is 3.12. The fourth-order valence-corrected chi connectivity index (χ4v) is 2.58. The van der Waals surface area contributed by atoms with E-state index in [2.05, 4.69) is 10.1 Å². The number of ether oxygens (including phenoxy) is 1. The van der Waals surface area contributed by atoms with Gasteiger partial charge in [-0.1, -0.05) is 0 Å². The first-order valence-electron chi connectivity index (χ1n) is 4.00. The molecule has 2 unspecified atom stereocenters. The highest BCUT2D eigenvalue weighted by atomic mass is 32.2. The molecule has 5 nitrogen and oxygen atoms in total. The van der Waals surface area contributed by atoms with Crippen LogP contribution in [-0.2, 0) is 19.4 Å². The lowest BCUT2D eigenvalue weighted by atomic mass is 10.3. The van der Waals surface area contributed by atoms with Gasteiger partial charge in [-0.15, -0.1) is 0 Å². The van der Waals surface area contributed by atoms with Gasteiger partial charge < -0.3 is 10.1 Å². The molecule has 1 heterocycles. The van der Waals surface area contributed by atoms with Gasteiger partial charge in [-0.05, 0) is 6.92 Å². The van der Waals surface area contributed by atoms with Gasteiger partial charge in [0.15, 0.2) is 9.84 Å². The molecule has 0 aromatic carbocycles. The van der Waals surface area contributed by atoms with Crippen molar-refractivity contribution in [2.75, 3.05) is 19.4 Å². The SMILES string of the molecule is COC(=O)C1CS(=O)(=O)C(C)CN1. The Bertz CT molecular complexity index is 298. The highest BCUT2D eigenvalue weighted by Crippen LogP contribution is 2.09. The van der Waals surface area contributed by atoms with E-state index in [1.54, 1.807) is 6.92 Å². The Morgan fingerprint density at radius 3 is 2.62 bits per heavy atom. The third kappa shape index (κ3) is 2.19. The zero-order valence-electron chi connectivity index (χ0n) is 7.61. The van der Waals surface area contributed by atoms with Gasteiger partial charge in [0.1, 0.15) is 6.04 Å². The first kappa shape index (κ1) is 10.5. The molecule has 0 radical (unpaired) electrons. The molecule has 13 heavy (non-hydrogen) atoms. The number of sulfone groups is 1. The molecule has 0 saturated carbocycles. The fourth-order valence-electron chi connectivity index (χ4n) is 1.18. The van der Waals surface area contributed by atoms with Gasteiger partial charge in [0.2, 0.25) is 0 Å². The second-order valence-corrected chi connectivity index (χ2v) is 5.59. The maximum Gasteiger partial charge on any atom is 0.323 e. The van der Waals surface area contributed by atoms with Gasteiger partial charge in [0.05, 0.1) is 18.1 Å². The predicted molar refractivity (Wildman–Crippen MR) is 47.1 cm³/mol.